The normalized spacial score (nSPS) is 14.2. The number of hydrogen-bond acceptors (Lipinski definition) is 3. The summed E-state index contributed by atoms with van der Waals surface area (Å²) in [5, 5.41) is 3.82. The van der Waals surface area contributed by atoms with Gasteiger partial charge in [-0.15, -0.1) is 0 Å². The third-order valence-corrected chi connectivity index (χ3v) is 3.73. The Hall–Kier alpha value is -2.16. The highest BCUT2D eigenvalue weighted by Crippen LogP contribution is 2.26. The molecule has 1 aliphatic rings. The summed E-state index contributed by atoms with van der Waals surface area (Å²) >= 11 is 0. The van der Waals surface area contributed by atoms with Crippen molar-refractivity contribution in [1.82, 2.24) is 14.9 Å². The van der Waals surface area contributed by atoms with E-state index >= 15 is 0 Å². The lowest BCUT2D eigenvalue weighted by molar-refractivity contribution is 0.425. The first-order valence-electron chi connectivity index (χ1n) is 6.27. The Labute approximate surface area is 105 Å². The molecular weight excluding hydrogens is 222 g/mol. The quantitative estimate of drug-likeness (QED) is 0.646. The largest absolute Gasteiger partial charge is 0.373 e. The summed E-state index contributed by atoms with van der Waals surface area (Å²) in [5.41, 5.74) is 3.46. The summed E-state index contributed by atoms with van der Waals surface area (Å²) in [6, 6.07) is 8.56. The number of rotatable bonds is 1. The summed E-state index contributed by atoms with van der Waals surface area (Å²) in [7, 11) is 0. The number of hydrogen-bond donors (Lipinski definition) is 0. The molecule has 0 amide bonds. The van der Waals surface area contributed by atoms with Crippen LogP contribution in [0.15, 0.2) is 30.6 Å². The maximum atomic E-state index is 4.37. The van der Waals surface area contributed by atoms with Crippen LogP contribution in [-0.4, -0.2) is 21.4 Å². The van der Waals surface area contributed by atoms with Gasteiger partial charge in [-0.1, -0.05) is 12.1 Å². The predicted octanol–water partition coefficient (Wildman–Crippen LogP) is 2.08. The highest BCUT2D eigenvalue weighted by Gasteiger charge is 2.14. The molecule has 0 atom stereocenters. The number of benzene rings is 2. The zero-order valence-corrected chi connectivity index (χ0v) is 10.2. The lowest BCUT2D eigenvalue weighted by Crippen LogP contribution is -2.25. The molecule has 2 aromatic carbocycles. The molecule has 0 saturated carbocycles. The van der Waals surface area contributed by atoms with Crippen LogP contribution >= 0.6 is 0 Å². The van der Waals surface area contributed by atoms with E-state index in [4.69, 9.17) is 0 Å². The van der Waals surface area contributed by atoms with Crippen LogP contribution in [0, 0.1) is 0 Å². The van der Waals surface area contributed by atoms with Crippen molar-refractivity contribution in [2.45, 2.75) is 13.5 Å². The van der Waals surface area contributed by atoms with Crippen LogP contribution in [0.2, 0.25) is 0 Å². The monoisotopic (exact) mass is 235 g/mol. The molecule has 1 aliphatic heterocycles. The minimum atomic E-state index is 0.980. The molecule has 4 rings (SSSR count). The third kappa shape index (κ3) is 1.19. The van der Waals surface area contributed by atoms with E-state index in [1.54, 1.807) is 6.33 Å². The molecule has 0 N–H and O–H groups in total. The number of nitrogens with zero attached hydrogens (tertiary/aromatic N) is 3. The fourth-order valence-corrected chi connectivity index (χ4v) is 2.83. The third-order valence-electron chi connectivity index (χ3n) is 3.73. The van der Waals surface area contributed by atoms with Crippen LogP contribution in [0.25, 0.3) is 28.0 Å². The van der Waals surface area contributed by atoms with Crippen LogP contribution in [-0.2, 0) is 6.54 Å². The second kappa shape index (κ2) is 3.42. The Kier molecular flexibility index (Phi) is 1.87. The van der Waals surface area contributed by atoms with Crippen molar-refractivity contribution >= 4 is 28.0 Å². The van der Waals surface area contributed by atoms with Crippen LogP contribution in [0.1, 0.15) is 12.5 Å². The summed E-state index contributed by atoms with van der Waals surface area (Å²) in [4.78, 5) is 11.1. The van der Waals surface area contributed by atoms with Gasteiger partial charge in [0.05, 0.1) is 11.0 Å². The van der Waals surface area contributed by atoms with Crippen molar-refractivity contribution in [1.29, 1.82) is 0 Å². The zero-order valence-electron chi connectivity index (χ0n) is 10.2. The second-order valence-electron chi connectivity index (χ2n) is 4.73. The summed E-state index contributed by atoms with van der Waals surface area (Å²) in [5.74, 6) is 0. The van der Waals surface area contributed by atoms with Crippen LogP contribution in [0.3, 0.4) is 0 Å². The van der Waals surface area contributed by atoms with Crippen molar-refractivity contribution in [2.75, 3.05) is 6.54 Å². The molecule has 2 heterocycles. The van der Waals surface area contributed by atoms with Gasteiger partial charge in [-0.2, -0.15) is 0 Å². The van der Waals surface area contributed by atoms with Gasteiger partial charge in [0.1, 0.15) is 6.33 Å². The first-order valence-corrected chi connectivity index (χ1v) is 6.27. The topological polar surface area (TPSA) is 29.0 Å². The Morgan fingerprint density at radius 2 is 1.83 bits per heavy atom. The average Bonchev–Trinajstić information content (AvgIpc) is 2.44. The van der Waals surface area contributed by atoms with Gasteiger partial charge in [-0.3, -0.25) is 0 Å². The van der Waals surface area contributed by atoms with Crippen molar-refractivity contribution < 1.29 is 0 Å². The van der Waals surface area contributed by atoms with E-state index in [-0.39, 0.29) is 0 Å². The first-order chi connectivity index (χ1) is 8.86. The van der Waals surface area contributed by atoms with Gasteiger partial charge < -0.3 is 4.90 Å². The van der Waals surface area contributed by atoms with E-state index < -0.39 is 0 Å². The smallest absolute Gasteiger partial charge is 0.116 e. The van der Waals surface area contributed by atoms with Gasteiger partial charge in [-0.05, 0) is 35.2 Å². The second-order valence-corrected chi connectivity index (χ2v) is 4.73. The van der Waals surface area contributed by atoms with Crippen molar-refractivity contribution in [3.63, 3.8) is 0 Å². The van der Waals surface area contributed by atoms with Gasteiger partial charge in [-0.25, -0.2) is 9.97 Å². The molecule has 0 bridgehead atoms. The maximum Gasteiger partial charge on any atom is 0.116 e. The minimum Gasteiger partial charge on any atom is -0.373 e. The van der Waals surface area contributed by atoms with Crippen LogP contribution in [0.5, 0.6) is 0 Å². The molecule has 3 aromatic rings. The van der Waals surface area contributed by atoms with Gasteiger partial charge in [0.15, 0.2) is 0 Å². The lowest BCUT2D eigenvalue weighted by atomic mass is 9.98. The van der Waals surface area contributed by atoms with E-state index in [9.17, 15) is 0 Å². The summed E-state index contributed by atoms with van der Waals surface area (Å²) in [6.07, 6.45) is 3.89. The van der Waals surface area contributed by atoms with Crippen molar-refractivity contribution in [2.24, 2.45) is 0 Å². The van der Waals surface area contributed by atoms with Gasteiger partial charge in [0.25, 0.3) is 0 Å². The summed E-state index contributed by atoms with van der Waals surface area (Å²) < 4.78 is 0. The number of aromatic nitrogens is 2. The van der Waals surface area contributed by atoms with Gasteiger partial charge in [0.2, 0.25) is 0 Å². The highest BCUT2D eigenvalue weighted by molar-refractivity contribution is 6.08. The Balaban J connectivity index is 2.26. The highest BCUT2D eigenvalue weighted by atomic mass is 15.1. The molecule has 0 unspecified atom stereocenters. The lowest BCUT2D eigenvalue weighted by Gasteiger charge is -2.24. The van der Waals surface area contributed by atoms with Crippen molar-refractivity contribution in [3.8, 4) is 0 Å². The molecule has 1 aromatic heterocycles. The molecule has 0 radical (unpaired) electrons. The fourth-order valence-electron chi connectivity index (χ4n) is 2.83. The Morgan fingerprint density at radius 3 is 2.61 bits per heavy atom. The molecule has 0 aliphatic carbocycles. The minimum absolute atomic E-state index is 0.980. The fraction of sp³-hybridized carbons (Fsp3) is 0.200. The molecular formula is C15H13N3. The first kappa shape index (κ1) is 9.83. The molecule has 3 heteroatoms. The SMILES string of the molecule is CCN1C=c2ccc3ncnc4ccc(c2c43)C1. The summed E-state index contributed by atoms with van der Waals surface area (Å²) in [6.45, 7) is 4.20. The van der Waals surface area contributed by atoms with E-state index in [1.165, 1.54) is 21.6 Å². The van der Waals surface area contributed by atoms with E-state index in [0.29, 0.717) is 0 Å². The molecule has 0 spiro atoms. The molecule has 0 fully saturated rings. The van der Waals surface area contributed by atoms with E-state index in [1.807, 2.05) is 0 Å². The van der Waals surface area contributed by atoms with Gasteiger partial charge >= 0.3 is 0 Å². The van der Waals surface area contributed by atoms with E-state index in [0.717, 1.165) is 24.1 Å². The van der Waals surface area contributed by atoms with Crippen molar-refractivity contribution in [3.05, 3.63) is 41.4 Å². The molecule has 3 nitrogen and oxygen atoms in total. The molecule has 0 saturated heterocycles. The zero-order chi connectivity index (χ0) is 12.1. The standard InChI is InChI=1S/C15H13N3/c1-2-18-7-10-3-5-12-15-13(17-9-16-12)6-4-11(8-18)14(10)15/h3-7,9H,2,8H2,1H3. The van der Waals surface area contributed by atoms with Crippen LogP contribution < -0.4 is 5.22 Å². The van der Waals surface area contributed by atoms with E-state index in [2.05, 4.69) is 52.3 Å². The maximum absolute atomic E-state index is 4.37. The predicted molar refractivity (Wildman–Crippen MR) is 72.8 cm³/mol. The Bertz CT molecular complexity index is 792. The van der Waals surface area contributed by atoms with Crippen LogP contribution in [0.4, 0.5) is 0 Å². The van der Waals surface area contributed by atoms with Gasteiger partial charge in [0, 0.05) is 24.7 Å². The molecule has 18 heavy (non-hydrogen) atoms. The average molecular weight is 235 g/mol. The molecule has 88 valence electrons. The Morgan fingerprint density at radius 1 is 1.06 bits per heavy atom.